The molecule has 1 saturated heterocycles. The van der Waals surface area contributed by atoms with E-state index in [-0.39, 0.29) is 12.5 Å². The van der Waals surface area contributed by atoms with Crippen LogP contribution in [0.2, 0.25) is 0 Å². The van der Waals surface area contributed by atoms with Crippen molar-refractivity contribution in [1.29, 1.82) is 0 Å². The van der Waals surface area contributed by atoms with Crippen LogP contribution in [0.25, 0.3) is 0 Å². The second-order valence-electron chi connectivity index (χ2n) is 4.84. The molecule has 1 fully saturated rings. The zero-order valence-corrected chi connectivity index (χ0v) is 11.4. The number of nitrogens with zero attached hydrogens (tertiary/aromatic N) is 1. The predicted octanol–water partition coefficient (Wildman–Crippen LogP) is 0.376. The highest BCUT2D eigenvalue weighted by molar-refractivity contribution is 5.75. The average Bonchev–Trinajstić information content (AvgIpc) is 2.42. The smallest absolute Gasteiger partial charge is 0.222 e. The molecule has 106 valence electrons. The summed E-state index contributed by atoms with van der Waals surface area (Å²) < 4.78 is 5.14. The van der Waals surface area contributed by atoms with Gasteiger partial charge in [0.05, 0.1) is 19.8 Å². The van der Waals surface area contributed by atoms with Crippen LogP contribution in [0.1, 0.15) is 32.1 Å². The third kappa shape index (κ3) is 6.33. The standard InChI is InChI=1S/C13H26N2O3/c1-15(8-10-18-11-9-16)13(17)6-5-12-4-2-3-7-14-12/h12,14,16H,2-11H2,1H3. The van der Waals surface area contributed by atoms with Crippen molar-refractivity contribution in [2.45, 2.75) is 38.1 Å². The second-order valence-corrected chi connectivity index (χ2v) is 4.84. The van der Waals surface area contributed by atoms with Gasteiger partial charge in [-0.25, -0.2) is 0 Å². The van der Waals surface area contributed by atoms with Crippen LogP contribution < -0.4 is 5.32 Å². The number of aliphatic hydroxyl groups is 1. The van der Waals surface area contributed by atoms with E-state index in [4.69, 9.17) is 9.84 Å². The number of hydrogen-bond acceptors (Lipinski definition) is 4. The third-order valence-corrected chi connectivity index (χ3v) is 3.35. The Labute approximate surface area is 109 Å². The summed E-state index contributed by atoms with van der Waals surface area (Å²) >= 11 is 0. The summed E-state index contributed by atoms with van der Waals surface area (Å²) in [6, 6.07) is 0.515. The van der Waals surface area contributed by atoms with E-state index in [1.54, 1.807) is 11.9 Å². The lowest BCUT2D eigenvalue weighted by molar-refractivity contribution is -0.130. The molecule has 0 spiro atoms. The summed E-state index contributed by atoms with van der Waals surface area (Å²) in [7, 11) is 1.80. The van der Waals surface area contributed by atoms with Crippen LogP contribution >= 0.6 is 0 Å². The van der Waals surface area contributed by atoms with Crippen LogP contribution in [0, 0.1) is 0 Å². The summed E-state index contributed by atoms with van der Waals surface area (Å²) in [6.45, 7) is 2.55. The topological polar surface area (TPSA) is 61.8 Å². The van der Waals surface area contributed by atoms with Crippen LogP contribution in [0.5, 0.6) is 0 Å². The number of hydrogen-bond donors (Lipinski definition) is 2. The van der Waals surface area contributed by atoms with Gasteiger partial charge in [-0.05, 0) is 25.8 Å². The van der Waals surface area contributed by atoms with Gasteiger partial charge in [-0.2, -0.15) is 0 Å². The van der Waals surface area contributed by atoms with E-state index in [0.717, 1.165) is 13.0 Å². The normalized spacial score (nSPS) is 19.8. The summed E-state index contributed by atoms with van der Waals surface area (Å²) in [5.41, 5.74) is 0. The van der Waals surface area contributed by atoms with E-state index < -0.39 is 0 Å². The SMILES string of the molecule is CN(CCOCCO)C(=O)CCC1CCCCN1. The molecule has 1 amide bonds. The number of carbonyl (C=O) groups is 1. The summed E-state index contributed by atoms with van der Waals surface area (Å²) in [4.78, 5) is 13.6. The first-order chi connectivity index (χ1) is 8.74. The molecule has 0 aliphatic carbocycles. The fraction of sp³-hybridized carbons (Fsp3) is 0.923. The van der Waals surface area contributed by atoms with E-state index in [2.05, 4.69) is 5.32 Å². The van der Waals surface area contributed by atoms with Gasteiger partial charge < -0.3 is 20.1 Å². The minimum absolute atomic E-state index is 0.0327. The van der Waals surface area contributed by atoms with Crippen molar-refractivity contribution in [3.8, 4) is 0 Å². The van der Waals surface area contributed by atoms with Crippen molar-refractivity contribution in [3.63, 3.8) is 0 Å². The van der Waals surface area contributed by atoms with Crippen LogP contribution in [0.15, 0.2) is 0 Å². The Hall–Kier alpha value is -0.650. The molecule has 0 aromatic rings. The highest BCUT2D eigenvalue weighted by atomic mass is 16.5. The lowest BCUT2D eigenvalue weighted by Gasteiger charge is -2.24. The molecule has 0 saturated carbocycles. The molecule has 0 aromatic heterocycles. The second kappa shape index (κ2) is 9.30. The number of amides is 1. The van der Waals surface area contributed by atoms with Gasteiger partial charge in [0.1, 0.15) is 0 Å². The van der Waals surface area contributed by atoms with Gasteiger partial charge in [-0.3, -0.25) is 4.79 Å². The largest absolute Gasteiger partial charge is 0.394 e. The minimum atomic E-state index is 0.0327. The number of likely N-dealkylation sites (N-methyl/N-ethyl adjacent to an activating group) is 1. The van der Waals surface area contributed by atoms with Gasteiger partial charge >= 0.3 is 0 Å². The Morgan fingerprint density at radius 3 is 2.94 bits per heavy atom. The van der Waals surface area contributed by atoms with Crippen LogP contribution in [-0.2, 0) is 9.53 Å². The number of ether oxygens (including phenoxy) is 1. The molecule has 1 rings (SSSR count). The van der Waals surface area contributed by atoms with Gasteiger partial charge in [-0.1, -0.05) is 6.42 Å². The van der Waals surface area contributed by atoms with Crippen molar-refractivity contribution in [3.05, 3.63) is 0 Å². The molecule has 18 heavy (non-hydrogen) atoms. The first-order valence-electron chi connectivity index (χ1n) is 6.90. The number of aliphatic hydroxyl groups excluding tert-OH is 1. The van der Waals surface area contributed by atoms with Crippen molar-refractivity contribution in [2.75, 3.05) is 40.0 Å². The highest BCUT2D eigenvalue weighted by Crippen LogP contribution is 2.12. The van der Waals surface area contributed by atoms with E-state index >= 15 is 0 Å². The Morgan fingerprint density at radius 1 is 1.44 bits per heavy atom. The minimum Gasteiger partial charge on any atom is -0.394 e. The molecule has 0 aromatic carbocycles. The Bertz CT molecular complexity index is 230. The fourth-order valence-electron chi connectivity index (χ4n) is 2.15. The van der Waals surface area contributed by atoms with Gasteiger partial charge in [-0.15, -0.1) is 0 Å². The molecule has 1 aliphatic rings. The molecule has 1 heterocycles. The number of nitrogens with one attached hydrogen (secondary N) is 1. The molecule has 1 unspecified atom stereocenters. The Morgan fingerprint density at radius 2 is 2.28 bits per heavy atom. The van der Waals surface area contributed by atoms with E-state index in [1.165, 1.54) is 19.3 Å². The molecule has 1 aliphatic heterocycles. The van der Waals surface area contributed by atoms with E-state index in [9.17, 15) is 4.79 Å². The molecule has 5 heteroatoms. The van der Waals surface area contributed by atoms with E-state index in [0.29, 0.717) is 32.2 Å². The van der Waals surface area contributed by atoms with Crippen LogP contribution in [0.3, 0.4) is 0 Å². The summed E-state index contributed by atoms with van der Waals surface area (Å²) in [6.07, 6.45) is 5.26. The maximum Gasteiger partial charge on any atom is 0.222 e. The van der Waals surface area contributed by atoms with Crippen molar-refractivity contribution in [2.24, 2.45) is 0 Å². The quantitative estimate of drug-likeness (QED) is 0.618. The van der Waals surface area contributed by atoms with E-state index in [1.807, 2.05) is 0 Å². The lowest BCUT2D eigenvalue weighted by atomic mass is 10.0. The molecule has 5 nitrogen and oxygen atoms in total. The molecule has 2 N–H and O–H groups in total. The number of piperidine rings is 1. The fourth-order valence-corrected chi connectivity index (χ4v) is 2.15. The van der Waals surface area contributed by atoms with Crippen LogP contribution in [-0.4, -0.2) is 61.9 Å². The van der Waals surface area contributed by atoms with Gasteiger partial charge in [0.25, 0.3) is 0 Å². The Kier molecular flexibility index (Phi) is 7.96. The first-order valence-corrected chi connectivity index (χ1v) is 6.90. The average molecular weight is 258 g/mol. The number of carbonyl (C=O) groups excluding carboxylic acids is 1. The molecule has 0 radical (unpaired) electrons. The maximum atomic E-state index is 11.8. The maximum absolute atomic E-state index is 11.8. The molecular formula is C13H26N2O3. The predicted molar refractivity (Wildman–Crippen MR) is 70.4 cm³/mol. The highest BCUT2D eigenvalue weighted by Gasteiger charge is 2.15. The Balaban J connectivity index is 2.07. The van der Waals surface area contributed by atoms with Crippen LogP contribution in [0.4, 0.5) is 0 Å². The zero-order valence-electron chi connectivity index (χ0n) is 11.4. The molecule has 1 atom stereocenters. The first kappa shape index (κ1) is 15.4. The van der Waals surface area contributed by atoms with Gasteiger partial charge in [0.15, 0.2) is 0 Å². The summed E-state index contributed by atoms with van der Waals surface area (Å²) in [5, 5.41) is 12.0. The van der Waals surface area contributed by atoms with Crippen molar-refractivity contribution < 1.29 is 14.6 Å². The lowest BCUT2D eigenvalue weighted by Crippen LogP contribution is -2.36. The third-order valence-electron chi connectivity index (χ3n) is 3.35. The monoisotopic (exact) mass is 258 g/mol. The van der Waals surface area contributed by atoms with Crippen molar-refractivity contribution >= 4 is 5.91 Å². The molecule has 0 bridgehead atoms. The number of rotatable bonds is 8. The van der Waals surface area contributed by atoms with Gasteiger partial charge in [0, 0.05) is 26.1 Å². The van der Waals surface area contributed by atoms with Crippen molar-refractivity contribution in [1.82, 2.24) is 10.2 Å². The molecular weight excluding hydrogens is 232 g/mol. The van der Waals surface area contributed by atoms with Gasteiger partial charge in [0.2, 0.25) is 5.91 Å². The zero-order chi connectivity index (χ0) is 13.2. The summed E-state index contributed by atoms with van der Waals surface area (Å²) in [5.74, 6) is 0.176.